The van der Waals surface area contributed by atoms with E-state index in [0.29, 0.717) is 73.6 Å². The van der Waals surface area contributed by atoms with Gasteiger partial charge in [0.1, 0.15) is 5.75 Å². The lowest BCUT2D eigenvalue weighted by Crippen LogP contribution is -2.46. The largest absolute Gasteiger partial charge is 0.494 e. The number of ether oxygens (including phenoxy) is 1. The van der Waals surface area contributed by atoms with Crippen LogP contribution in [-0.4, -0.2) is 64.3 Å². The van der Waals surface area contributed by atoms with E-state index in [1.54, 1.807) is 42.5 Å². The van der Waals surface area contributed by atoms with Crippen molar-refractivity contribution in [2.75, 3.05) is 55.3 Å². The smallest absolute Gasteiger partial charge is 0.418 e. The quantitative estimate of drug-likeness (QED) is 0.0650. The highest BCUT2D eigenvalue weighted by Gasteiger charge is 2.35. The highest BCUT2D eigenvalue weighted by atomic mass is 32.2. The molecule has 1 amide bonds. The van der Waals surface area contributed by atoms with E-state index in [0.717, 1.165) is 28.8 Å². The maximum Gasteiger partial charge on any atom is 0.418 e. The minimum atomic E-state index is -4.87. The third-order valence-electron chi connectivity index (χ3n) is 9.33. The number of thioether (sulfide) groups is 1. The molecule has 306 valence electrons. The number of hydrogen-bond acceptors (Lipinski definition) is 8. The summed E-state index contributed by atoms with van der Waals surface area (Å²) in [5.41, 5.74) is 0.0641. The van der Waals surface area contributed by atoms with Gasteiger partial charge in [0, 0.05) is 66.9 Å². The van der Waals surface area contributed by atoms with Gasteiger partial charge in [-0.2, -0.15) is 26.3 Å². The van der Waals surface area contributed by atoms with E-state index >= 15 is 0 Å². The molecule has 0 bridgehead atoms. The van der Waals surface area contributed by atoms with Gasteiger partial charge in [0.25, 0.3) is 15.9 Å². The molecule has 0 atom stereocenters. The molecular formula is C42H40F6N4O4S2. The fourth-order valence-electron chi connectivity index (χ4n) is 6.48. The molecule has 8 nitrogen and oxygen atoms in total. The van der Waals surface area contributed by atoms with E-state index in [4.69, 9.17) is 4.74 Å². The van der Waals surface area contributed by atoms with Gasteiger partial charge in [-0.1, -0.05) is 30.3 Å². The standard InChI is InChI=1S/C42H40F6N4O4S2/c1-2-56-35-8-6-7-31(26-35)32-23-29(24-33(25-32)41(43,44)45)28-51-18-20-52(21-19-51)34-13-11-30(12-14-34)40(53)50-58(54,55)37-15-16-39(38(27-37)42(46,47)48)49-17-22-57-36-9-4-3-5-10-36/h3-16,23-27,49H,2,17-22,28H2,1H3,(H,50,53). The molecule has 2 N–H and O–H groups in total. The fraction of sp³-hybridized carbons (Fsp3) is 0.262. The van der Waals surface area contributed by atoms with Gasteiger partial charge in [-0.15, -0.1) is 11.8 Å². The SMILES string of the molecule is CCOc1cccc(-c2cc(CN3CCN(c4ccc(C(=O)NS(=O)(=O)c5ccc(NCCSc6ccccc6)c(C(F)(F)F)c5)cc4)CC3)cc(C(F)(F)F)c2)c1. The average Bonchev–Trinajstić information content (AvgIpc) is 3.19. The van der Waals surface area contributed by atoms with E-state index in [9.17, 15) is 39.6 Å². The summed E-state index contributed by atoms with van der Waals surface area (Å²) in [6, 6.07) is 29.0. The zero-order valence-electron chi connectivity index (χ0n) is 31.2. The van der Waals surface area contributed by atoms with Crippen molar-refractivity contribution in [3.8, 4) is 16.9 Å². The molecule has 1 aliphatic heterocycles. The Morgan fingerprint density at radius 2 is 1.50 bits per heavy atom. The van der Waals surface area contributed by atoms with Crippen LogP contribution < -0.4 is 19.7 Å². The monoisotopic (exact) mass is 842 g/mol. The van der Waals surface area contributed by atoms with Crippen molar-refractivity contribution in [2.45, 2.75) is 35.6 Å². The molecule has 1 heterocycles. The summed E-state index contributed by atoms with van der Waals surface area (Å²) >= 11 is 1.45. The van der Waals surface area contributed by atoms with Crippen molar-refractivity contribution in [1.82, 2.24) is 9.62 Å². The highest BCUT2D eigenvalue weighted by Crippen LogP contribution is 2.37. The van der Waals surface area contributed by atoms with Crippen LogP contribution in [0.1, 0.15) is 34.0 Å². The van der Waals surface area contributed by atoms with Crippen LogP contribution in [-0.2, 0) is 28.9 Å². The molecule has 1 aliphatic rings. The van der Waals surface area contributed by atoms with Crippen LogP contribution in [0.5, 0.6) is 5.75 Å². The summed E-state index contributed by atoms with van der Waals surface area (Å²) in [5, 5.41) is 2.73. The second kappa shape index (κ2) is 18.2. The van der Waals surface area contributed by atoms with E-state index in [1.165, 1.54) is 30.0 Å². The van der Waals surface area contributed by atoms with Gasteiger partial charge in [0.05, 0.1) is 22.6 Å². The Morgan fingerprint density at radius 3 is 2.17 bits per heavy atom. The molecular weight excluding hydrogens is 803 g/mol. The van der Waals surface area contributed by atoms with Crippen LogP contribution >= 0.6 is 11.8 Å². The van der Waals surface area contributed by atoms with Crippen molar-refractivity contribution < 1.29 is 44.3 Å². The molecule has 58 heavy (non-hydrogen) atoms. The third kappa shape index (κ3) is 11.0. The third-order valence-corrected chi connectivity index (χ3v) is 11.7. The number of nitrogens with one attached hydrogen (secondary N) is 2. The van der Waals surface area contributed by atoms with Gasteiger partial charge < -0.3 is 15.0 Å². The number of hydrogen-bond donors (Lipinski definition) is 2. The lowest BCUT2D eigenvalue weighted by atomic mass is 9.98. The first-order valence-electron chi connectivity index (χ1n) is 18.3. The molecule has 0 aliphatic carbocycles. The zero-order chi connectivity index (χ0) is 41.5. The van der Waals surface area contributed by atoms with Gasteiger partial charge in [0.2, 0.25) is 0 Å². The van der Waals surface area contributed by atoms with Crippen LogP contribution in [0.15, 0.2) is 125 Å². The van der Waals surface area contributed by atoms with Gasteiger partial charge in [-0.05, 0) is 109 Å². The number of halogens is 6. The van der Waals surface area contributed by atoms with Gasteiger partial charge in [-0.3, -0.25) is 9.69 Å². The predicted octanol–water partition coefficient (Wildman–Crippen LogP) is 9.43. The Hall–Kier alpha value is -5.19. The molecule has 5 aromatic rings. The van der Waals surface area contributed by atoms with Crippen molar-refractivity contribution in [2.24, 2.45) is 0 Å². The first-order valence-corrected chi connectivity index (χ1v) is 20.8. The number of amides is 1. The van der Waals surface area contributed by atoms with Crippen molar-refractivity contribution in [1.29, 1.82) is 0 Å². The van der Waals surface area contributed by atoms with E-state index in [2.05, 4.69) is 10.2 Å². The zero-order valence-corrected chi connectivity index (χ0v) is 32.9. The van der Waals surface area contributed by atoms with Crippen LogP contribution in [0.3, 0.4) is 0 Å². The second-order valence-corrected chi connectivity index (χ2v) is 16.3. The Labute approximate surface area is 337 Å². The van der Waals surface area contributed by atoms with Crippen LogP contribution in [0, 0.1) is 0 Å². The van der Waals surface area contributed by atoms with E-state index < -0.39 is 44.3 Å². The Bertz CT molecular complexity index is 2300. The molecule has 0 spiro atoms. The van der Waals surface area contributed by atoms with Crippen LogP contribution in [0.25, 0.3) is 11.1 Å². The number of carbonyl (C=O) groups is 1. The minimum Gasteiger partial charge on any atom is -0.494 e. The fourth-order valence-corrected chi connectivity index (χ4v) is 8.27. The summed E-state index contributed by atoms with van der Waals surface area (Å²) < 4.78 is 117. The number of carbonyl (C=O) groups excluding carboxylic acids is 1. The van der Waals surface area contributed by atoms with Crippen LogP contribution in [0.4, 0.5) is 37.7 Å². The highest BCUT2D eigenvalue weighted by molar-refractivity contribution is 7.99. The molecule has 1 fully saturated rings. The molecule has 0 saturated carbocycles. The Morgan fingerprint density at radius 1 is 0.776 bits per heavy atom. The van der Waals surface area contributed by atoms with Crippen molar-refractivity contribution >= 4 is 39.1 Å². The number of sulfonamides is 1. The lowest BCUT2D eigenvalue weighted by Gasteiger charge is -2.36. The average molecular weight is 843 g/mol. The van der Waals surface area contributed by atoms with Gasteiger partial charge in [-0.25, -0.2) is 13.1 Å². The summed E-state index contributed by atoms with van der Waals surface area (Å²) in [7, 11) is -4.68. The number of benzene rings is 5. The van der Waals surface area contributed by atoms with Gasteiger partial charge in [0.15, 0.2) is 0 Å². The predicted molar refractivity (Wildman–Crippen MR) is 214 cm³/mol. The topological polar surface area (TPSA) is 91.0 Å². The second-order valence-electron chi connectivity index (χ2n) is 13.4. The number of piperazine rings is 1. The van der Waals surface area contributed by atoms with E-state index in [1.807, 2.05) is 46.9 Å². The first-order chi connectivity index (χ1) is 27.6. The van der Waals surface area contributed by atoms with Crippen LogP contribution in [0.2, 0.25) is 0 Å². The molecule has 1 saturated heterocycles. The summed E-state index contributed by atoms with van der Waals surface area (Å²) in [4.78, 5) is 17.3. The molecule has 6 rings (SSSR count). The lowest BCUT2D eigenvalue weighted by molar-refractivity contribution is -0.138. The number of nitrogens with zero attached hydrogens (tertiary/aromatic N) is 2. The summed E-state index contributed by atoms with van der Waals surface area (Å²) in [6.45, 7) is 4.86. The van der Waals surface area contributed by atoms with Crippen molar-refractivity contribution in [3.63, 3.8) is 0 Å². The molecule has 16 heteroatoms. The molecule has 0 unspecified atom stereocenters. The van der Waals surface area contributed by atoms with E-state index in [-0.39, 0.29) is 17.8 Å². The summed E-state index contributed by atoms with van der Waals surface area (Å²) in [5.74, 6) is 0.00867. The van der Waals surface area contributed by atoms with Gasteiger partial charge >= 0.3 is 12.4 Å². The van der Waals surface area contributed by atoms with Crippen molar-refractivity contribution in [3.05, 3.63) is 138 Å². The normalized spacial score (nSPS) is 13.9. The number of rotatable bonds is 14. The molecule has 0 aromatic heterocycles. The minimum absolute atomic E-state index is 0.0247. The first kappa shape index (κ1) is 42.4. The Balaban J connectivity index is 1.05. The summed E-state index contributed by atoms with van der Waals surface area (Å²) in [6.07, 6.45) is -9.40. The Kier molecular flexibility index (Phi) is 13.3. The molecule has 5 aromatic carbocycles. The maximum atomic E-state index is 14.0. The maximum absolute atomic E-state index is 14.0. The number of anilines is 2. The number of alkyl halides is 6. The molecule has 0 radical (unpaired) electrons.